The topological polar surface area (TPSA) is 131 Å². The maximum absolute atomic E-state index is 12.9. The fourth-order valence-electron chi connectivity index (χ4n) is 4.15. The van der Waals surface area contributed by atoms with Crippen molar-refractivity contribution in [2.24, 2.45) is 0 Å². The van der Waals surface area contributed by atoms with E-state index in [2.05, 4.69) is 21.3 Å². The van der Waals surface area contributed by atoms with E-state index in [4.69, 9.17) is 4.74 Å². The third kappa shape index (κ3) is 4.76. The lowest BCUT2D eigenvalue weighted by Gasteiger charge is -2.13. The fraction of sp³-hybridized carbons (Fsp3) is 0.148. The number of carbonyl (C=O) groups excluding carboxylic acids is 3. The molecule has 3 amide bonds. The zero-order chi connectivity index (χ0) is 25.9. The molecule has 0 bridgehead atoms. The van der Waals surface area contributed by atoms with Crippen LogP contribution in [0.25, 0.3) is 10.8 Å². The van der Waals surface area contributed by atoms with Gasteiger partial charge in [-0.1, -0.05) is 42.5 Å². The van der Waals surface area contributed by atoms with Crippen LogP contribution in [0.4, 0.5) is 5.69 Å². The minimum atomic E-state index is -0.672. The first-order chi connectivity index (χ1) is 17.9. The van der Waals surface area contributed by atoms with Crippen molar-refractivity contribution in [1.82, 2.24) is 20.6 Å². The standard InChI is InChI=1S/C27H23N5O5/c1-2-32-27(36)20-12-5-4-11-19(20)23(31-32)26(35)30-29-24(33)17-9-7-10-18(14-17)28-25(34)22-15-16-8-3-6-13-21(16)37-22/h3-14,22H,2,15H2,1H3,(H,28,34)(H,29,33)(H,30,35). The molecule has 37 heavy (non-hydrogen) atoms. The molecule has 0 saturated carbocycles. The molecule has 1 unspecified atom stereocenters. The monoisotopic (exact) mass is 497 g/mol. The van der Waals surface area contributed by atoms with E-state index in [1.165, 1.54) is 10.7 Å². The normalized spacial score (nSPS) is 13.9. The number of ether oxygens (including phenoxy) is 1. The van der Waals surface area contributed by atoms with Crippen LogP contribution in [-0.4, -0.2) is 33.6 Å². The number of nitrogens with zero attached hydrogens (tertiary/aromatic N) is 2. The van der Waals surface area contributed by atoms with Crippen LogP contribution in [-0.2, 0) is 17.8 Å². The Hall–Kier alpha value is -4.99. The van der Waals surface area contributed by atoms with Gasteiger partial charge >= 0.3 is 0 Å². The van der Waals surface area contributed by atoms with E-state index in [0.717, 1.165) is 5.56 Å². The van der Waals surface area contributed by atoms with Gasteiger partial charge in [0.05, 0.1) is 5.39 Å². The van der Waals surface area contributed by atoms with Gasteiger partial charge in [-0.15, -0.1) is 0 Å². The number of anilines is 1. The number of hydrazine groups is 1. The molecular weight excluding hydrogens is 474 g/mol. The van der Waals surface area contributed by atoms with Gasteiger partial charge < -0.3 is 10.1 Å². The number of hydrogen-bond donors (Lipinski definition) is 3. The quantitative estimate of drug-likeness (QED) is 0.363. The van der Waals surface area contributed by atoms with E-state index in [0.29, 0.717) is 28.6 Å². The summed E-state index contributed by atoms with van der Waals surface area (Å²) in [6, 6.07) is 20.4. The molecule has 0 radical (unpaired) electrons. The summed E-state index contributed by atoms with van der Waals surface area (Å²) >= 11 is 0. The van der Waals surface area contributed by atoms with Gasteiger partial charge in [0.2, 0.25) is 0 Å². The predicted molar refractivity (Wildman–Crippen MR) is 136 cm³/mol. The molecule has 1 aliphatic heterocycles. The molecule has 3 N–H and O–H groups in total. The van der Waals surface area contributed by atoms with Crippen LogP contribution in [0.3, 0.4) is 0 Å². The average Bonchev–Trinajstić information content (AvgIpc) is 3.37. The molecule has 0 saturated heterocycles. The van der Waals surface area contributed by atoms with Crippen LogP contribution in [0.15, 0.2) is 77.6 Å². The predicted octanol–water partition coefficient (Wildman–Crippen LogP) is 2.43. The van der Waals surface area contributed by atoms with E-state index in [1.54, 1.807) is 49.4 Å². The van der Waals surface area contributed by atoms with Gasteiger partial charge in [-0.2, -0.15) is 5.10 Å². The number of aromatic nitrogens is 2. The van der Waals surface area contributed by atoms with E-state index in [9.17, 15) is 19.2 Å². The second kappa shape index (κ2) is 9.94. The summed E-state index contributed by atoms with van der Waals surface area (Å²) in [6.45, 7) is 2.03. The first-order valence-corrected chi connectivity index (χ1v) is 11.7. The summed E-state index contributed by atoms with van der Waals surface area (Å²) in [7, 11) is 0. The van der Waals surface area contributed by atoms with E-state index in [1.807, 2.05) is 24.3 Å². The Morgan fingerprint density at radius 3 is 2.46 bits per heavy atom. The van der Waals surface area contributed by atoms with Crippen LogP contribution in [0.5, 0.6) is 5.75 Å². The summed E-state index contributed by atoms with van der Waals surface area (Å²) in [5, 5.41) is 7.65. The molecule has 1 atom stereocenters. The molecule has 0 aliphatic carbocycles. The lowest BCUT2D eigenvalue weighted by Crippen LogP contribution is -2.42. The molecular formula is C27H23N5O5. The molecule has 10 heteroatoms. The fourth-order valence-corrected chi connectivity index (χ4v) is 4.15. The third-order valence-corrected chi connectivity index (χ3v) is 6.00. The lowest BCUT2D eigenvalue weighted by atomic mass is 10.1. The van der Waals surface area contributed by atoms with E-state index in [-0.39, 0.29) is 29.3 Å². The zero-order valence-electron chi connectivity index (χ0n) is 19.9. The van der Waals surface area contributed by atoms with Gasteiger partial charge in [0.15, 0.2) is 11.8 Å². The molecule has 186 valence electrons. The number of fused-ring (bicyclic) bond motifs is 2. The molecule has 2 heterocycles. The summed E-state index contributed by atoms with van der Waals surface area (Å²) in [4.78, 5) is 50.8. The molecule has 10 nitrogen and oxygen atoms in total. The van der Waals surface area contributed by atoms with Crippen molar-refractivity contribution < 1.29 is 19.1 Å². The Bertz CT molecular complexity index is 1570. The molecule has 4 aromatic rings. The summed E-state index contributed by atoms with van der Waals surface area (Å²) in [5.41, 5.74) is 6.00. The average molecular weight is 498 g/mol. The lowest BCUT2D eigenvalue weighted by molar-refractivity contribution is -0.122. The highest BCUT2D eigenvalue weighted by Crippen LogP contribution is 2.28. The van der Waals surface area contributed by atoms with Gasteiger partial charge in [0.25, 0.3) is 23.3 Å². The number of amides is 3. The molecule has 0 spiro atoms. The Labute approximate surface area is 211 Å². The van der Waals surface area contributed by atoms with Crippen molar-refractivity contribution in [2.75, 3.05) is 5.32 Å². The largest absolute Gasteiger partial charge is 0.480 e. The Morgan fingerprint density at radius 2 is 1.68 bits per heavy atom. The van der Waals surface area contributed by atoms with Crippen LogP contribution in [0.2, 0.25) is 0 Å². The second-order valence-corrected chi connectivity index (χ2v) is 8.41. The maximum Gasteiger partial charge on any atom is 0.290 e. The highest BCUT2D eigenvalue weighted by molar-refractivity contribution is 6.06. The summed E-state index contributed by atoms with van der Waals surface area (Å²) in [5.74, 6) is -0.912. The number of carbonyl (C=O) groups is 3. The van der Waals surface area contributed by atoms with Gasteiger partial charge in [-0.3, -0.25) is 30.0 Å². The third-order valence-electron chi connectivity index (χ3n) is 6.00. The maximum atomic E-state index is 12.9. The van der Waals surface area contributed by atoms with Crippen LogP contribution in [0.1, 0.15) is 33.3 Å². The summed E-state index contributed by atoms with van der Waals surface area (Å²) < 4.78 is 6.91. The van der Waals surface area contributed by atoms with E-state index >= 15 is 0 Å². The van der Waals surface area contributed by atoms with Crippen molar-refractivity contribution in [3.63, 3.8) is 0 Å². The van der Waals surface area contributed by atoms with Crippen LogP contribution < -0.4 is 26.5 Å². The minimum Gasteiger partial charge on any atom is -0.480 e. The van der Waals surface area contributed by atoms with Crippen LogP contribution >= 0.6 is 0 Å². The molecule has 5 rings (SSSR count). The van der Waals surface area contributed by atoms with Gasteiger partial charge in [-0.05, 0) is 42.8 Å². The minimum absolute atomic E-state index is 0.0101. The number of aryl methyl sites for hydroxylation is 1. The number of hydrogen-bond acceptors (Lipinski definition) is 6. The van der Waals surface area contributed by atoms with Gasteiger partial charge in [0.1, 0.15) is 5.75 Å². The van der Waals surface area contributed by atoms with Crippen molar-refractivity contribution in [3.05, 3.63) is 100.0 Å². The summed E-state index contributed by atoms with van der Waals surface area (Å²) in [6.07, 6.45) is -0.203. The molecule has 1 aliphatic rings. The van der Waals surface area contributed by atoms with Crippen molar-refractivity contribution in [1.29, 1.82) is 0 Å². The number of benzene rings is 3. The van der Waals surface area contributed by atoms with E-state index < -0.39 is 17.9 Å². The zero-order valence-corrected chi connectivity index (χ0v) is 19.9. The SMILES string of the molecule is CCn1nc(C(=O)NNC(=O)c2cccc(NC(=O)C3Cc4ccccc4O3)c2)c2ccccc2c1=O. The number of nitrogens with one attached hydrogen (secondary N) is 3. The van der Waals surface area contributed by atoms with Crippen molar-refractivity contribution in [2.45, 2.75) is 26.0 Å². The van der Waals surface area contributed by atoms with Crippen molar-refractivity contribution >= 4 is 34.2 Å². The highest BCUT2D eigenvalue weighted by Gasteiger charge is 2.29. The Morgan fingerprint density at radius 1 is 0.946 bits per heavy atom. The van der Waals surface area contributed by atoms with Gasteiger partial charge in [-0.25, -0.2) is 4.68 Å². The first-order valence-electron chi connectivity index (χ1n) is 11.7. The molecule has 0 fully saturated rings. The molecule has 3 aromatic carbocycles. The first kappa shape index (κ1) is 23.7. The molecule has 1 aromatic heterocycles. The van der Waals surface area contributed by atoms with Gasteiger partial charge in [0, 0.05) is 29.6 Å². The smallest absolute Gasteiger partial charge is 0.290 e. The highest BCUT2D eigenvalue weighted by atomic mass is 16.5. The number of para-hydroxylation sites is 1. The Kier molecular flexibility index (Phi) is 6.38. The number of rotatable bonds is 5. The van der Waals surface area contributed by atoms with Crippen LogP contribution in [0, 0.1) is 0 Å². The second-order valence-electron chi connectivity index (χ2n) is 8.41. The van der Waals surface area contributed by atoms with Crippen molar-refractivity contribution in [3.8, 4) is 5.75 Å². The Balaban J connectivity index is 1.25.